The highest BCUT2D eigenvalue weighted by Gasteiger charge is 2.32. The molecule has 3 nitrogen and oxygen atoms in total. The van der Waals surface area contributed by atoms with Gasteiger partial charge in [0.1, 0.15) is 0 Å². The molecule has 1 unspecified atom stereocenters. The monoisotopic (exact) mass is 224 g/mol. The Bertz CT molecular complexity index is 261. The molecule has 0 spiro atoms. The van der Waals surface area contributed by atoms with Crippen LogP contribution in [0.15, 0.2) is 0 Å². The number of hydrogen-bond acceptors (Lipinski definition) is 1. The number of rotatable bonds is 2. The van der Waals surface area contributed by atoms with Gasteiger partial charge >= 0.3 is 6.03 Å². The first kappa shape index (κ1) is 11.7. The Morgan fingerprint density at radius 1 is 1.44 bits per heavy atom. The van der Waals surface area contributed by atoms with Crippen LogP contribution in [0.2, 0.25) is 0 Å². The van der Waals surface area contributed by atoms with Crippen LogP contribution in [0.1, 0.15) is 46.0 Å². The van der Waals surface area contributed by atoms with Gasteiger partial charge in [-0.15, -0.1) is 0 Å². The van der Waals surface area contributed by atoms with Crippen molar-refractivity contribution in [1.82, 2.24) is 10.2 Å². The summed E-state index contributed by atoms with van der Waals surface area (Å²) < 4.78 is 0. The number of carbonyl (C=O) groups excluding carboxylic acids is 1. The highest BCUT2D eigenvalue weighted by molar-refractivity contribution is 5.74. The summed E-state index contributed by atoms with van der Waals surface area (Å²) in [7, 11) is 0. The first-order valence-corrected chi connectivity index (χ1v) is 6.62. The zero-order valence-electron chi connectivity index (χ0n) is 10.6. The van der Waals surface area contributed by atoms with E-state index in [2.05, 4.69) is 19.2 Å². The van der Waals surface area contributed by atoms with E-state index in [0.29, 0.717) is 11.3 Å². The van der Waals surface area contributed by atoms with Crippen LogP contribution in [0, 0.1) is 11.3 Å². The Kier molecular flexibility index (Phi) is 3.41. The minimum Gasteiger partial charge on any atom is -0.337 e. The molecule has 2 aliphatic rings. The summed E-state index contributed by atoms with van der Waals surface area (Å²) in [5, 5.41) is 3.10. The third-order valence-electron chi connectivity index (χ3n) is 4.17. The number of hydrogen-bond donors (Lipinski definition) is 1. The first-order chi connectivity index (χ1) is 7.59. The molecular formula is C13H24N2O. The predicted molar refractivity (Wildman–Crippen MR) is 65.3 cm³/mol. The molecule has 3 heteroatoms. The molecule has 0 aromatic heterocycles. The lowest BCUT2D eigenvalue weighted by Gasteiger charge is -2.39. The van der Waals surface area contributed by atoms with Gasteiger partial charge in [0, 0.05) is 19.6 Å². The van der Waals surface area contributed by atoms with Crippen molar-refractivity contribution in [3.63, 3.8) is 0 Å². The van der Waals surface area contributed by atoms with Crippen LogP contribution in [0.4, 0.5) is 4.79 Å². The summed E-state index contributed by atoms with van der Waals surface area (Å²) >= 11 is 0. The van der Waals surface area contributed by atoms with E-state index in [-0.39, 0.29) is 6.03 Å². The van der Waals surface area contributed by atoms with Gasteiger partial charge in [-0.2, -0.15) is 0 Å². The van der Waals surface area contributed by atoms with E-state index in [4.69, 9.17) is 0 Å². The molecule has 0 aromatic rings. The van der Waals surface area contributed by atoms with Crippen LogP contribution in [-0.4, -0.2) is 30.6 Å². The topological polar surface area (TPSA) is 32.3 Å². The largest absolute Gasteiger partial charge is 0.337 e. The van der Waals surface area contributed by atoms with Crippen LogP contribution in [0.3, 0.4) is 0 Å². The molecule has 2 amide bonds. The van der Waals surface area contributed by atoms with Crippen LogP contribution < -0.4 is 5.32 Å². The maximum atomic E-state index is 11.9. The van der Waals surface area contributed by atoms with E-state index < -0.39 is 0 Å². The maximum absolute atomic E-state index is 11.9. The van der Waals surface area contributed by atoms with E-state index in [9.17, 15) is 4.79 Å². The maximum Gasteiger partial charge on any atom is 0.317 e. The molecular weight excluding hydrogens is 200 g/mol. The molecule has 0 radical (unpaired) electrons. The lowest BCUT2D eigenvalue weighted by atomic mass is 9.70. The van der Waals surface area contributed by atoms with Crippen molar-refractivity contribution >= 4 is 6.03 Å². The molecule has 1 saturated heterocycles. The standard InChI is InChI=1S/C13H24N2O/c1-11-5-3-8-15(9-11)12(16)14-10-13(2)6-4-7-13/h11H,3-10H2,1-2H3,(H,14,16). The zero-order chi connectivity index (χ0) is 11.6. The fourth-order valence-electron chi connectivity index (χ4n) is 2.73. The van der Waals surface area contributed by atoms with Gasteiger partial charge < -0.3 is 10.2 Å². The molecule has 2 rings (SSSR count). The summed E-state index contributed by atoms with van der Waals surface area (Å²) in [6, 6.07) is 0.152. The number of urea groups is 1. The predicted octanol–water partition coefficient (Wildman–Crippen LogP) is 2.62. The molecule has 1 heterocycles. The zero-order valence-corrected chi connectivity index (χ0v) is 10.6. The number of nitrogens with zero attached hydrogens (tertiary/aromatic N) is 1. The van der Waals surface area contributed by atoms with Crippen LogP contribution >= 0.6 is 0 Å². The lowest BCUT2D eigenvalue weighted by molar-refractivity contribution is 0.138. The van der Waals surface area contributed by atoms with Gasteiger partial charge in [0.05, 0.1) is 0 Å². The Morgan fingerprint density at radius 3 is 2.75 bits per heavy atom. The third kappa shape index (κ3) is 2.69. The van der Waals surface area contributed by atoms with Crippen molar-refractivity contribution in [3.8, 4) is 0 Å². The van der Waals surface area contributed by atoms with E-state index in [0.717, 1.165) is 26.1 Å². The lowest BCUT2D eigenvalue weighted by Crippen LogP contribution is -2.48. The number of carbonyl (C=O) groups is 1. The van der Waals surface area contributed by atoms with E-state index >= 15 is 0 Å². The average Bonchev–Trinajstić information content (AvgIpc) is 2.23. The summed E-state index contributed by atoms with van der Waals surface area (Å²) in [5.74, 6) is 0.666. The quantitative estimate of drug-likeness (QED) is 0.768. The molecule has 1 aliphatic heterocycles. The number of piperidine rings is 1. The van der Waals surface area contributed by atoms with E-state index in [1.165, 1.54) is 25.7 Å². The Labute approximate surface area is 98.6 Å². The normalized spacial score (nSPS) is 28.4. The third-order valence-corrected chi connectivity index (χ3v) is 4.17. The summed E-state index contributed by atoms with van der Waals surface area (Å²) in [4.78, 5) is 13.9. The Morgan fingerprint density at radius 2 is 2.19 bits per heavy atom. The van der Waals surface area contributed by atoms with Gasteiger partial charge in [0.25, 0.3) is 0 Å². The first-order valence-electron chi connectivity index (χ1n) is 6.62. The number of amides is 2. The van der Waals surface area contributed by atoms with Crippen molar-refractivity contribution in [3.05, 3.63) is 0 Å². The highest BCUT2D eigenvalue weighted by Crippen LogP contribution is 2.39. The van der Waals surface area contributed by atoms with Gasteiger partial charge in [-0.1, -0.05) is 20.3 Å². The van der Waals surface area contributed by atoms with Crippen LogP contribution in [0.5, 0.6) is 0 Å². The second-order valence-corrected chi connectivity index (χ2v) is 6.02. The van der Waals surface area contributed by atoms with Gasteiger partial charge in [-0.3, -0.25) is 0 Å². The van der Waals surface area contributed by atoms with Gasteiger partial charge in [-0.05, 0) is 37.0 Å². The molecule has 1 N–H and O–H groups in total. The molecule has 16 heavy (non-hydrogen) atoms. The van der Waals surface area contributed by atoms with Crippen molar-refractivity contribution in [2.45, 2.75) is 46.0 Å². The van der Waals surface area contributed by atoms with Gasteiger partial charge in [0.2, 0.25) is 0 Å². The molecule has 1 aliphatic carbocycles. The molecule has 1 atom stereocenters. The number of likely N-dealkylation sites (tertiary alicyclic amines) is 1. The second-order valence-electron chi connectivity index (χ2n) is 6.02. The van der Waals surface area contributed by atoms with Crippen molar-refractivity contribution in [2.24, 2.45) is 11.3 Å². The Hall–Kier alpha value is -0.730. The van der Waals surface area contributed by atoms with Crippen LogP contribution in [-0.2, 0) is 0 Å². The minimum absolute atomic E-state index is 0.152. The van der Waals surface area contributed by atoms with Crippen molar-refractivity contribution in [1.29, 1.82) is 0 Å². The van der Waals surface area contributed by atoms with E-state index in [1.54, 1.807) is 0 Å². The average molecular weight is 224 g/mol. The molecule has 1 saturated carbocycles. The summed E-state index contributed by atoms with van der Waals surface area (Å²) in [6.45, 7) is 7.23. The SMILES string of the molecule is CC1CCCN(C(=O)NCC2(C)CCC2)C1. The Balaban J connectivity index is 1.74. The smallest absolute Gasteiger partial charge is 0.317 e. The minimum atomic E-state index is 0.152. The van der Waals surface area contributed by atoms with Crippen molar-refractivity contribution in [2.75, 3.05) is 19.6 Å². The fraction of sp³-hybridized carbons (Fsp3) is 0.923. The van der Waals surface area contributed by atoms with Crippen LogP contribution in [0.25, 0.3) is 0 Å². The second kappa shape index (κ2) is 4.64. The van der Waals surface area contributed by atoms with Gasteiger partial charge in [-0.25, -0.2) is 4.79 Å². The highest BCUT2D eigenvalue weighted by atomic mass is 16.2. The molecule has 2 fully saturated rings. The number of nitrogens with one attached hydrogen (secondary N) is 1. The van der Waals surface area contributed by atoms with Crippen molar-refractivity contribution < 1.29 is 4.79 Å². The fourth-order valence-corrected chi connectivity index (χ4v) is 2.73. The molecule has 92 valence electrons. The summed E-state index contributed by atoms with van der Waals surface area (Å²) in [6.07, 6.45) is 6.29. The summed E-state index contributed by atoms with van der Waals surface area (Å²) in [5.41, 5.74) is 0.386. The molecule has 0 bridgehead atoms. The van der Waals surface area contributed by atoms with E-state index in [1.807, 2.05) is 4.90 Å². The van der Waals surface area contributed by atoms with Gasteiger partial charge in [0.15, 0.2) is 0 Å². The molecule has 0 aromatic carbocycles.